The number of hydrogen-bond acceptors (Lipinski definition) is 34. The fourth-order valence-electron chi connectivity index (χ4n) is 9.76. The monoisotopic (exact) mass is 1570 g/mol. The number of aliphatic carboxylic acids is 7. The third kappa shape index (κ3) is 54.3. The molecule has 8 saturated heterocycles. The molecule has 8 aliphatic rings. The Hall–Kier alpha value is -4.98. The molecule has 8 rings (SSSR count). The number of nitrogens with two attached hydrogens (primary N) is 8. The minimum absolute atomic E-state index is 0.0213. The average Bonchev–Trinajstić information content (AvgIpc) is 1.90. The Morgan fingerprint density at radius 2 is 0.766 bits per heavy atom. The maximum absolute atomic E-state index is 11.2. The summed E-state index contributed by atoms with van der Waals surface area (Å²) < 4.78 is 77.5. The van der Waals surface area contributed by atoms with Crippen LogP contribution in [0.3, 0.4) is 0 Å². The Balaban J connectivity index is 0.000000612. The zero-order valence-corrected chi connectivity index (χ0v) is 62.3. The van der Waals surface area contributed by atoms with Gasteiger partial charge >= 0.3 is 41.8 Å². The fourth-order valence-corrected chi connectivity index (χ4v) is 10.7. The first-order valence-corrected chi connectivity index (χ1v) is 37.3. The van der Waals surface area contributed by atoms with Crippen LogP contribution >= 0.6 is 11.8 Å². The largest absolute Gasteiger partial charge is 0.480 e. The molecule has 8 fully saturated rings. The van der Waals surface area contributed by atoms with Crippen LogP contribution in [0.2, 0.25) is 0 Å². The van der Waals surface area contributed by atoms with Gasteiger partial charge in [0.15, 0.2) is 37.7 Å². The molecule has 0 aromatic carbocycles. The first-order valence-electron chi connectivity index (χ1n) is 36.1. The average molecular weight is 1570 g/mol. The van der Waals surface area contributed by atoms with Crippen molar-refractivity contribution in [2.45, 2.75) is 234 Å². The summed E-state index contributed by atoms with van der Waals surface area (Å²) in [5.41, 5.74) is 42.6. The zero-order chi connectivity index (χ0) is 79.7. The standard InChI is InChI=1S/C11H21NO3.C10H19NO3.C8H13NO5.C8H15NO4.C8H15NO3.C7H14N2O4.C7H13NO5.C7H13NO4S/c12-10(11(13)14)7-3-1-2-5-9-6-4-8-15-9;11-9(10(12)13)6-2-1-4-8-5-3-7-14-8;9-6(8(11)12)3-5(10)4-7-13-1-2-14-7;9-6(8(10)11)2-1-3-7-12-4-5-13-7;1-6(10)7(9)2-3-8-11-4-5-12-8;8-5(7(10)11)3-9-4-6-12-1-2-13-6;8-5(7(9)10)3-11-4-6-12-1-2-13-6;8-5(7(9)10)3-13-4-6-11-1-2-12-6/h9-10H,1-8,12H2,(H,13,14);8-9H,1-7,11H2,(H,12,13);6-7H,1-4,9H2,(H,11,12);6-7H,1-5,9H2,(H,10,11);7-8H,2-5,9H2,1H3;5-6,9H,1-4,8H2,(H,10,11);2*5-6H,1-4,8H2,(H,9,10). The van der Waals surface area contributed by atoms with Crippen molar-refractivity contribution in [1.29, 1.82) is 0 Å². The summed E-state index contributed by atoms with van der Waals surface area (Å²) in [5.74, 6) is -6.19. The van der Waals surface area contributed by atoms with Crippen LogP contribution in [0.25, 0.3) is 0 Å². The van der Waals surface area contributed by atoms with Crippen LogP contribution in [0.15, 0.2) is 0 Å². The lowest BCUT2D eigenvalue weighted by Crippen LogP contribution is -2.42. The summed E-state index contributed by atoms with van der Waals surface area (Å²) in [6.07, 6.45) is 15.4. The number of carboxylic acid groups (broad SMARTS) is 7. The summed E-state index contributed by atoms with van der Waals surface area (Å²) in [7, 11) is 0. The topological polar surface area (TPSA) is 654 Å². The molecule has 24 N–H and O–H groups in total. The van der Waals surface area contributed by atoms with Gasteiger partial charge in [0, 0.05) is 50.7 Å². The molecule has 0 amide bonds. The molecule has 8 aliphatic heterocycles. The van der Waals surface area contributed by atoms with E-state index in [0.29, 0.717) is 142 Å². The van der Waals surface area contributed by atoms with E-state index in [0.717, 1.165) is 77.4 Å². The van der Waals surface area contributed by atoms with Gasteiger partial charge in [-0.1, -0.05) is 32.1 Å². The Morgan fingerprint density at radius 1 is 0.383 bits per heavy atom. The van der Waals surface area contributed by atoms with E-state index in [2.05, 4.69) is 5.32 Å². The molecule has 0 spiro atoms. The molecule has 0 aromatic rings. The molecule has 41 heteroatoms. The van der Waals surface area contributed by atoms with Gasteiger partial charge in [0.2, 0.25) is 0 Å². The van der Waals surface area contributed by atoms with E-state index in [9.17, 15) is 43.2 Å². The van der Waals surface area contributed by atoms with E-state index >= 15 is 0 Å². The third-order valence-electron chi connectivity index (χ3n) is 16.1. The Labute approximate surface area is 628 Å². The van der Waals surface area contributed by atoms with Crippen molar-refractivity contribution in [3.8, 4) is 0 Å². The predicted molar refractivity (Wildman–Crippen MR) is 380 cm³/mol. The van der Waals surface area contributed by atoms with Crippen molar-refractivity contribution in [2.24, 2.45) is 45.9 Å². The van der Waals surface area contributed by atoms with E-state index in [1.54, 1.807) is 0 Å². The second-order valence-corrected chi connectivity index (χ2v) is 26.3. The van der Waals surface area contributed by atoms with Crippen LogP contribution in [-0.4, -0.2) is 318 Å². The maximum Gasteiger partial charge on any atom is 0.322 e. The highest BCUT2D eigenvalue weighted by Crippen LogP contribution is 2.21. The third-order valence-corrected chi connectivity index (χ3v) is 17.2. The number of unbranched alkanes of at least 4 members (excludes halogenated alkanes) is 3. The van der Waals surface area contributed by atoms with Crippen LogP contribution in [0.1, 0.15) is 135 Å². The quantitative estimate of drug-likeness (QED) is 0.0307. The molecule has 0 aromatic heterocycles. The zero-order valence-electron chi connectivity index (χ0n) is 61.5. The summed E-state index contributed by atoms with van der Waals surface area (Å²) in [6, 6.07) is -6.30. The van der Waals surface area contributed by atoms with E-state index in [1.807, 2.05) is 0 Å². The first-order chi connectivity index (χ1) is 51.0. The van der Waals surface area contributed by atoms with Crippen LogP contribution in [0.5, 0.6) is 0 Å². The number of carboxylic acids is 7. The minimum atomic E-state index is -1.17. The lowest BCUT2D eigenvalue weighted by atomic mass is 10.0. The van der Waals surface area contributed by atoms with Crippen molar-refractivity contribution < 1.29 is 150 Å². The Morgan fingerprint density at radius 3 is 1.19 bits per heavy atom. The van der Waals surface area contributed by atoms with Crippen LogP contribution in [0, 0.1) is 0 Å². The SMILES string of the molecule is CC(=O)C(N)CCC1OCCO1.NC(CC(=O)CC1OCCO1)C(=O)O.NC(CCCC1OCCO1)C(=O)O.NC(CCCCC1CCCO1)C(=O)O.NC(CCCCCC1CCCO1)C(=O)O.NC(CNCC1OCCO1)C(=O)O.NC(COCC1OCCO1)C(=O)O.NC(CSCC1OCCO1)C(=O)O. The predicted octanol–water partition coefficient (Wildman–Crippen LogP) is -1.56. The van der Waals surface area contributed by atoms with Crippen molar-refractivity contribution in [1.82, 2.24) is 5.32 Å². The second kappa shape index (κ2) is 62.6. The summed E-state index contributed by atoms with van der Waals surface area (Å²) in [4.78, 5) is 94.3. The molecule has 8 heterocycles. The van der Waals surface area contributed by atoms with E-state index in [1.165, 1.54) is 37.9 Å². The molecular formula is C66H123N9O31S. The van der Waals surface area contributed by atoms with E-state index in [-0.39, 0.29) is 81.7 Å². The van der Waals surface area contributed by atoms with Crippen LogP contribution in [-0.2, 0) is 114 Å². The molecule has 107 heavy (non-hydrogen) atoms. The molecule has 624 valence electrons. The van der Waals surface area contributed by atoms with E-state index < -0.39 is 90.4 Å². The van der Waals surface area contributed by atoms with Crippen LogP contribution in [0.4, 0.5) is 0 Å². The van der Waals surface area contributed by atoms with Crippen molar-refractivity contribution in [2.75, 3.05) is 130 Å². The van der Waals surface area contributed by atoms with Gasteiger partial charge in [-0.05, 0) is 84.0 Å². The van der Waals surface area contributed by atoms with Gasteiger partial charge in [-0.3, -0.25) is 43.2 Å². The number of carbonyl (C=O) groups excluding carboxylic acids is 2. The minimum Gasteiger partial charge on any atom is -0.480 e. The molecular weight excluding hydrogens is 1450 g/mol. The van der Waals surface area contributed by atoms with Gasteiger partial charge in [0.25, 0.3) is 0 Å². The number of ketones is 2. The smallest absolute Gasteiger partial charge is 0.322 e. The molecule has 40 nitrogen and oxygen atoms in total. The number of ether oxygens (including phenoxy) is 15. The highest BCUT2D eigenvalue weighted by atomic mass is 32.2. The summed E-state index contributed by atoms with van der Waals surface area (Å²) in [6.45, 7) is 11.3. The van der Waals surface area contributed by atoms with E-state index in [4.69, 9.17) is 153 Å². The molecule has 10 atom stereocenters. The lowest BCUT2D eigenvalue weighted by Gasteiger charge is -2.11. The first kappa shape index (κ1) is 100. The number of carbonyl (C=O) groups is 9. The number of Topliss-reactive ketones (excluding diaryl/α,β-unsaturated/α-hetero) is 2. The molecule has 10 unspecified atom stereocenters. The number of thioether (sulfide) groups is 1. The fraction of sp³-hybridized carbons (Fsp3) is 0.864. The molecule has 0 aliphatic carbocycles. The van der Waals surface area contributed by atoms with Gasteiger partial charge in [0.1, 0.15) is 53.9 Å². The lowest BCUT2D eigenvalue weighted by molar-refractivity contribution is -0.142. The van der Waals surface area contributed by atoms with Crippen molar-refractivity contribution in [3.63, 3.8) is 0 Å². The van der Waals surface area contributed by atoms with Gasteiger partial charge in [-0.25, -0.2) is 0 Å². The van der Waals surface area contributed by atoms with Gasteiger partial charge < -0.3 is 158 Å². The summed E-state index contributed by atoms with van der Waals surface area (Å²) in [5, 5.41) is 62.2. The van der Waals surface area contributed by atoms with Gasteiger partial charge in [-0.15, -0.1) is 0 Å². The highest BCUT2D eigenvalue weighted by Gasteiger charge is 2.26. The summed E-state index contributed by atoms with van der Waals surface area (Å²) >= 11 is 1.43. The van der Waals surface area contributed by atoms with Gasteiger partial charge in [-0.2, -0.15) is 11.8 Å². The maximum atomic E-state index is 11.2. The van der Waals surface area contributed by atoms with Crippen molar-refractivity contribution in [3.05, 3.63) is 0 Å². The number of rotatable bonds is 42. The molecule has 0 bridgehead atoms. The second-order valence-electron chi connectivity index (χ2n) is 25.2. The van der Waals surface area contributed by atoms with Crippen molar-refractivity contribution >= 4 is 65.1 Å². The number of hydrogen-bond donors (Lipinski definition) is 16. The Kier molecular flexibility index (Phi) is 58.6. The molecule has 0 radical (unpaired) electrons. The van der Waals surface area contributed by atoms with Crippen LogP contribution < -0.4 is 51.2 Å². The highest BCUT2D eigenvalue weighted by molar-refractivity contribution is 7.99. The normalized spacial score (nSPS) is 21.1. The van der Waals surface area contributed by atoms with Gasteiger partial charge in [0.05, 0.1) is 117 Å². The molecule has 0 saturated carbocycles. The number of nitrogens with one attached hydrogen (secondary N) is 1. The Bertz CT molecular complexity index is 2230.